The average Bonchev–Trinajstić information content (AvgIpc) is 2.49. The highest BCUT2D eigenvalue weighted by atomic mass is 16.5. The third-order valence-electron chi connectivity index (χ3n) is 2.78. The summed E-state index contributed by atoms with van der Waals surface area (Å²) in [5.41, 5.74) is 1.05. The molecule has 0 bridgehead atoms. The van der Waals surface area contributed by atoms with Crippen molar-refractivity contribution in [1.82, 2.24) is 0 Å². The maximum atomic E-state index is 9.81. The number of nitrogens with zero attached hydrogens (tertiary/aromatic N) is 1. The molecule has 0 aliphatic carbocycles. The van der Waals surface area contributed by atoms with E-state index < -0.39 is 6.10 Å². The number of aliphatic hydroxyl groups is 1. The van der Waals surface area contributed by atoms with Crippen molar-refractivity contribution in [2.24, 2.45) is 5.16 Å². The Morgan fingerprint density at radius 1 is 1.29 bits per heavy atom. The Morgan fingerprint density at radius 2 is 2.00 bits per heavy atom. The fourth-order valence-electron chi connectivity index (χ4n) is 1.64. The first-order chi connectivity index (χ1) is 9.97. The van der Waals surface area contributed by atoms with Crippen LogP contribution in [0.3, 0.4) is 0 Å². The maximum Gasteiger partial charge on any atom is 0.132 e. The molecule has 2 N–H and O–H groups in total. The first-order valence-electron chi connectivity index (χ1n) is 6.77. The first-order valence-corrected chi connectivity index (χ1v) is 6.77. The monoisotopic (exact) mass is 297 g/mol. The van der Waals surface area contributed by atoms with Crippen molar-refractivity contribution < 1.29 is 24.5 Å². The van der Waals surface area contributed by atoms with E-state index in [2.05, 4.69) is 5.16 Å². The molecule has 0 saturated heterocycles. The minimum Gasteiger partial charge on any atom is -0.497 e. The SMILES string of the molecule is COc1ccc(/C(C)=N/O)c(OCC(O)COC(C)C)c1. The Hall–Kier alpha value is -1.79. The normalized spacial score (nSPS) is 13.3. The van der Waals surface area contributed by atoms with E-state index in [4.69, 9.17) is 19.4 Å². The molecule has 0 saturated carbocycles. The third-order valence-corrected chi connectivity index (χ3v) is 2.78. The number of methoxy groups -OCH3 is 1. The summed E-state index contributed by atoms with van der Waals surface area (Å²) in [5, 5.41) is 21.9. The van der Waals surface area contributed by atoms with Crippen molar-refractivity contribution in [3.8, 4) is 11.5 Å². The van der Waals surface area contributed by atoms with Crippen molar-refractivity contribution >= 4 is 5.71 Å². The van der Waals surface area contributed by atoms with Crippen LogP contribution in [0.1, 0.15) is 26.3 Å². The molecule has 0 spiro atoms. The van der Waals surface area contributed by atoms with Gasteiger partial charge < -0.3 is 24.5 Å². The topological polar surface area (TPSA) is 80.5 Å². The molecule has 21 heavy (non-hydrogen) atoms. The van der Waals surface area contributed by atoms with E-state index >= 15 is 0 Å². The van der Waals surface area contributed by atoms with Gasteiger partial charge in [-0.3, -0.25) is 0 Å². The predicted octanol–water partition coefficient (Wildman–Crippen LogP) is 2.06. The Balaban J connectivity index is 2.76. The summed E-state index contributed by atoms with van der Waals surface area (Å²) in [6.07, 6.45) is -0.686. The highest BCUT2D eigenvalue weighted by Crippen LogP contribution is 2.25. The standard InChI is InChI=1S/C15H23NO5/c1-10(2)20-8-12(17)9-21-15-7-13(19-4)5-6-14(15)11(3)16-18/h5-7,10,12,17-18H,8-9H2,1-4H3/b16-11+. The summed E-state index contributed by atoms with van der Waals surface area (Å²) in [5.74, 6) is 1.10. The smallest absolute Gasteiger partial charge is 0.132 e. The van der Waals surface area contributed by atoms with Crippen LogP contribution in [0.4, 0.5) is 0 Å². The van der Waals surface area contributed by atoms with Gasteiger partial charge in [0.05, 0.1) is 25.5 Å². The van der Waals surface area contributed by atoms with Gasteiger partial charge in [-0.2, -0.15) is 0 Å². The number of hydrogen-bond acceptors (Lipinski definition) is 6. The van der Waals surface area contributed by atoms with E-state index in [0.29, 0.717) is 22.8 Å². The van der Waals surface area contributed by atoms with E-state index in [-0.39, 0.29) is 19.3 Å². The molecule has 118 valence electrons. The van der Waals surface area contributed by atoms with Gasteiger partial charge in [0, 0.05) is 11.6 Å². The lowest BCUT2D eigenvalue weighted by Crippen LogP contribution is -2.25. The molecule has 1 unspecified atom stereocenters. The molecule has 0 aliphatic rings. The zero-order valence-corrected chi connectivity index (χ0v) is 12.9. The van der Waals surface area contributed by atoms with Crippen LogP contribution in [0.2, 0.25) is 0 Å². The van der Waals surface area contributed by atoms with Gasteiger partial charge in [0.25, 0.3) is 0 Å². The van der Waals surface area contributed by atoms with Gasteiger partial charge in [-0.05, 0) is 32.9 Å². The Bertz CT molecular complexity index is 473. The zero-order valence-electron chi connectivity index (χ0n) is 12.9. The second-order valence-corrected chi connectivity index (χ2v) is 4.89. The van der Waals surface area contributed by atoms with Gasteiger partial charge in [-0.25, -0.2) is 0 Å². The van der Waals surface area contributed by atoms with E-state index in [1.807, 2.05) is 13.8 Å². The lowest BCUT2D eigenvalue weighted by molar-refractivity contribution is -0.0123. The molecular formula is C15H23NO5. The average molecular weight is 297 g/mol. The number of benzene rings is 1. The molecule has 0 heterocycles. The van der Waals surface area contributed by atoms with Crippen LogP contribution in [0, 0.1) is 0 Å². The summed E-state index contributed by atoms with van der Waals surface area (Å²) in [6.45, 7) is 5.73. The summed E-state index contributed by atoms with van der Waals surface area (Å²) >= 11 is 0. The first kappa shape index (κ1) is 17.3. The van der Waals surface area contributed by atoms with Gasteiger partial charge in [0.15, 0.2) is 0 Å². The third kappa shape index (κ3) is 5.61. The summed E-state index contributed by atoms with van der Waals surface area (Å²) in [4.78, 5) is 0. The Labute approximate surface area is 124 Å². The van der Waals surface area contributed by atoms with Gasteiger partial charge in [0.1, 0.15) is 24.2 Å². The number of rotatable bonds is 8. The van der Waals surface area contributed by atoms with Crippen LogP contribution < -0.4 is 9.47 Å². The fourth-order valence-corrected chi connectivity index (χ4v) is 1.64. The lowest BCUT2D eigenvalue weighted by atomic mass is 10.1. The molecular weight excluding hydrogens is 274 g/mol. The van der Waals surface area contributed by atoms with Gasteiger partial charge in [-0.1, -0.05) is 5.16 Å². The number of oxime groups is 1. The van der Waals surface area contributed by atoms with Gasteiger partial charge >= 0.3 is 0 Å². The number of hydrogen-bond donors (Lipinski definition) is 2. The molecule has 1 rings (SSSR count). The minimum atomic E-state index is -0.738. The van der Waals surface area contributed by atoms with E-state index in [1.165, 1.54) is 0 Å². The molecule has 0 aromatic heterocycles. The van der Waals surface area contributed by atoms with Crippen LogP contribution in [-0.4, -0.2) is 48.6 Å². The molecule has 0 amide bonds. The molecule has 0 fully saturated rings. The number of aliphatic hydroxyl groups excluding tert-OH is 1. The van der Waals surface area contributed by atoms with Gasteiger partial charge in [-0.15, -0.1) is 0 Å². The number of ether oxygens (including phenoxy) is 3. The summed E-state index contributed by atoms with van der Waals surface area (Å²) in [7, 11) is 1.55. The fraction of sp³-hybridized carbons (Fsp3) is 0.533. The molecule has 0 radical (unpaired) electrons. The summed E-state index contributed by atoms with van der Waals surface area (Å²) < 4.78 is 16.1. The molecule has 0 aliphatic heterocycles. The second-order valence-electron chi connectivity index (χ2n) is 4.89. The van der Waals surface area contributed by atoms with Crippen molar-refractivity contribution in [3.63, 3.8) is 0 Å². The maximum absolute atomic E-state index is 9.81. The highest BCUT2D eigenvalue weighted by Gasteiger charge is 2.12. The van der Waals surface area contributed by atoms with Crippen LogP contribution in [0.25, 0.3) is 0 Å². The van der Waals surface area contributed by atoms with Crippen LogP contribution in [0.15, 0.2) is 23.4 Å². The Morgan fingerprint density at radius 3 is 2.57 bits per heavy atom. The quantitative estimate of drug-likeness (QED) is 0.436. The van der Waals surface area contributed by atoms with E-state index in [9.17, 15) is 5.11 Å². The summed E-state index contributed by atoms with van der Waals surface area (Å²) in [6, 6.07) is 5.16. The molecule has 6 heteroatoms. The van der Waals surface area contributed by atoms with Crippen LogP contribution >= 0.6 is 0 Å². The molecule has 1 aromatic rings. The predicted molar refractivity (Wildman–Crippen MR) is 79.6 cm³/mol. The highest BCUT2D eigenvalue weighted by molar-refractivity contribution is 6.00. The molecule has 1 aromatic carbocycles. The van der Waals surface area contributed by atoms with Gasteiger partial charge in [0.2, 0.25) is 0 Å². The molecule has 6 nitrogen and oxygen atoms in total. The zero-order chi connectivity index (χ0) is 15.8. The van der Waals surface area contributed by atoms with Crippen LogP contribution in [-0.2, 0) is 4.74 Å². The minimum absolute atomic E-state index is 0.0517. The lowest BCUT2D eigenvalue weighted by Gasteiger charge is -2.16. The molecule has 1 atom stereocenters. The second kappa shape index (κ2) is 8.49. The van der Waals surface area contributed by atoms with Crippen LogP contribution in [0.5, 0.6) is 11.5 Å². The van der Waals surface area contributed by atoms with E-state index in [1.54, 1.807) is 32.2 Å². The van der Waals surface area contributed by atoms with E-state index in [0.717, 1.165) is 0 Å². The Kier molecular flexibility index (Phi) is 6.98. The van der Waals surface area contributed by atoms with Crippen molar-refractivity contribution in [2.45, 2.75) is 33.0 Å². The van der Waals surface area contributed by atoms with Crippen molar-refractivity contribution in [2.75, 3.05) is 20.3 Å². The van der Waals surface area contributed by atoms with Crippen molar-refractivity contribution in [3.05, 3.63) is 23.8 Å². The van der Waals surface area contributed by atoms with Crippen molar-refractivity contribution in [1.29, 1.82) is 0 Å². The largest absolute Gasteiger partial charge is 0.497 e.